The highest BCUT2D eigenvalue weighted by atomic mass is 31.2. The first-order valence-corrected chi connectivity index (χ1v) is 18.3. The van der Waals surface area contributed by atoms with E-state index in [1.807, 2.05) is 13.0 Å². The van der Waals surface area contributed by atoms with E-state index in [-0.39, 0.29) is 5.60 Å². The second kappa shape index (κ2) is 15.8. The summed E-state index contributed by atoms with van der Waals surface area (Å²) < 4.78 is 35.0. The molecular weight excluding hydrogens is 590 g/mol. The van der Waals surface area contributed by atoms with E-state index >= 15 is 0 Å². The van der Waals surface area contributed by atoms with Crippen LogP contribution in [0.2, 0.25) is 0 Å². The summed E-state index contributed by atoms with van der Waals surface area (Å²) in [5.74, 6) is 0.261. The number of carbonyl (C=O) groups is 1. The monoisotopic (exact) mass is 640 g/mol. The van der Waals surface area contributed by atoms with Crippen molar-refractivity contribution in [2.45, 2.75) is 124 Å². The molecule has 1 unspecified atom stereocenters. The lowest BCUT2D eigenvalue weighted by Gasteiger charge is -2.37. The fraction of sp³-hybridized carbons (Fsp3) is 0.594. The Kier molecular flexibility index (Phi) is 13.7. The molecule has 0 amide bonds. The van der Waals surface area contributed by atoms with Gasteiger partial charge in [0.1, 0.15) is 17.1 Å². The van der Waals surface area contributed by atoms with Crippen LogP contribution >= 0.6 is 15.2 Å². The van der Waals surface area contributed by atoms with Gasteiger partial charge in [-0.25, -0.2) is 0 Å². The van der Waals surface area contributed by atoms with Gasteiger partial charge < -0.3 is 29.0 Å². The first-order chi connectivity index (χ1) is 19.8. The van der Waals surface area contributed by atoms with Gasteiger partial charge in [-0.1, -0.05) is 34.9 Å². The minimum absolute atomic E-state index is 0.331. The predicted octanol–water partition coefficient (Wildman–Crippen LogP) is 7.95. The standard InChI is InChI=1S/C32H50O9P2/c1-22(2)11-8-12-23(3)13-9-14-24(4)15-10-19-32(7)20-18-27-26(6)31(25(5)21-28(27)41-32)40-29(33)16-17-30(42(34,35)36)43(37,38)39/h11,13,15,21,30H,8-10,12,14,16-20H2,1-7H3,(H2,34,35,36)(H2,37,38,39)/b23-13+,24-15+. The normalized spacial score (nSPS) is 17.9. The van der Waals surface area contributed by atoms with Crippen molar-refractivity contribution >= 4 is 21.2 Å². The zero-order valence-corrected chi connectivity index (χ0v) is 28.5. The number of ether oxygens (including phenoxy) is 2. The van der Waals surface area contributed by atoms with E-state index < -0.39 is 39.4 Å². The van der Waals surface area contributed by atoms with Crippen molar-refractivity contribution in [2.24, 2.45) is 0 Å². The van der Waals surface area contributed by atoms with Gasteiger partial charge in [0.2, 0.25) is 0 Å². The van der Waals surface area contributed by atoms with Crippen LogP contribution in [0.15, 0.2) is 41.0 Å². The molecular formula is C32H50O9P2. The van der Waals surface area contributed by atoms with Crippen molar-refractivity contribution in [3.63, 3.8) is 0 Å². The van der Waals surface area contributed by atoms with Crippen molar-refractivity contribution in [3.05, 3.63) is 57.7 Å². The van der Waals surface area contributed by atoms with E-state index in [1.54, 1.807) is 6.92 Å². The van der Waals surface area contributed by atoms with E-state index in [0.717, 1.165) is 68.2 Å². The number of aryl methyl sites for hydroxylation is 1. The van der Waals surface area contributed by atoms with E-state index in [2.05, 4.69) is 52.8 Å². The maximum atomic E-state index is 12.5. The average Bonchev–Trinajstić information content (AvgIpc) is 2.84. The number of benzene rings is 1. The molecule has 0 saturated heterocycles. The summed E-state index contributed by atoms with van der Waals surface area (Å²) in [6, 6.07) is 1.84. The molecule has 1 heterocycles. The Morgan fingerprint density at radius 1 is 0.953 bits per heavy atom. The highest BCUT2D eigenvalue weighted by Crippen LogP contribution is 2.61. The lowest BCUT2D eigenvalue weighted by molar-refractivity contribution is -0.134. The third-order valence-corrected chi connectivity index (χ3v) is 11.8. The summed E-state index contributed by atoms with van der Waals surface area (Å²) >= 11 is 0. The Balaban J connectivity index is 1.97. The Morgan fingerprint density at radius 3 is 2.07 bits per heavy atom. The molecule has 4 N–H and O–H groups in total. The summed E-state index contributed by atoms with van der Waals surface area (Å²) in [6.45, 7) is 14.4. The SMILES string of the molecule is CC(C)=CCC/C(C)=C/CC/C(C)=C/CCC1(C)CCc2c(cc(C)c(OC(=O)CCC(P(=O)(O)O)P(=O)(O)O)c2C)O1. The largest absolute Gasteiger partial charge is 0.487 e. The lowest BCUT2D eigenvalue weighted by atomic mass is 9.86. The molecule has 0 fully saturated rings. The summed E-state index contributed by atoms with van der Waals surface area (Å²) in [4.78, 5) is 49.7. The summed E-state index contributed by atoms with van der Waals surface area (Å²) in [5, 5.41) is -2.24. The quantitative estimate of drug-likeness (QED) is 0.0648. The van der Waals surface area contributed by atoms with Crippen LogP contribution in [0.25, 0.3) is 0 Å². The molecule has 0 saturated carbocycles. The van der Waals surface area contributed by atoms with Crippen LogP contribution in [0, 0.1) is 13.8 Å². The molecule has 43 heavy (non-hydrogen) atoms. The Bertz CT molecular complexity index is 1310. The van der Waals surface area contributed by atoms with Crippen LogP contribution in [0.5, 0.6) is 11.5 Å². The van der Waals surface area contributed by atoms with Gasteiger partial charge in [-0.15, -0.1) is 0 Å². The van der Waals surface area contributed by atoms with Crippen LogP contribution in [-0.2, 0) is 20.3 Å². The number of hydrogen-bond acceptors (Lipinski definition) is 5. The number of rotatable bonds is 15. The maximum absolute atomic E-state index is 12.5. The third-order valence-electron chi connectivity index (χ3n) is 7.94. The molecule has 1 aliphatic rings. The van der Waals surface area contributed by atoms with Gasteiger partial charge in [-0.2, -0.15) is 0 Å². The first-order valence-electron chi connectivity index (χ1n) is 14.9. The van der Waals surface area contributed by atoms with Gasteiger partial charge in [0, 0.05) is 12.0 Å². The van der Waals surface area contributed by atoms with Gasteiger partial charge >= 0.3 is 21.2 Å². The smallest absolute Gasteiger partial charge is 0.340 e. The molecule has 0 radical (unpaired) electrons. The predicted molar refractivity (Wildman–Crippen MR) is 171 cm³/mol. The molecule has 0 aromatic heterocycles. The Morgan fingerprint density at radius 2 is 1.51 bits per heavy atom. The molecule has 11 heteroatoms. The number of esters is 1. The lowest BCUT2D eigenvalue weighted by Crippen LogP contribution is -2.36. The van der Waals surface area contributed by atoms with Gasteiger partial charge in [0.25, 0.3) is 0 Å². The van der Waals surface area contributed by atoms with Crippen molar-refractivity contribution in [3.8, 4) is 11.5 Å². The summed E-state index contributed by atoms with van der Waals surface area (Å²) in [7, 11) is -10.2. The van der Waals surface area contributed by atoms with Crippen molar-refractivity contribution in [2.75, 3.05) is 0 Å². The van der Waals surface area contributed by atoms with Crippen molar-refractivity contribution < 1.29 is 43.0 Å². The van der Waals surface area contributed by atoms with Crippen LogP contribution in [-0.4, -0.2) is 36.5 Å². The topological polar surface area (TPSA) is 151 Å². The van der Waals surface area contributed by atoms with E-state index in [4.69, 9.17) is 9.47 Å². The second-order valence-electron chi connectivity index (χ2n) is 12.3. The highest BCUT2D eigenvalue weighted by molar-refractivity contribution is 7.70. The zero-order valence-electron chi connectivity index (χ0n) is 26.7. The fourth-order valence-electron chi connectivity index (χ4n) is 5.31. The maximum Gasteiger partial charge on any atom is 0.340 e. The van der Waals surface area contributed by atoms with Gasteiger partial charge in [0.15, 0.2) is 5.40 Å². The number of allylic oxidation sites excluding steroid dienone is 6. The average molecular weight is 641 g/mol. The molecule has 0 spiro atoms. The minimum Gasteiger partial charge on any atom is -0.487 e. The van der Waals surface area contributed by atoms with Crippen LogP contribution in [0.4, 0.5) is 0 Å². The summed E-state index contributed by atoms with van der Waals surface area (Å²) in [6.07, 6.45) is 13.3. The van der Waals surface area contributed by atoms with E-state index in [9.17, 15) is 33.5 Å². The van der Waals surface area contributed by atoms with Gasteiger partial charge in [-0.05, 0) is 123 Å². The van der Waals surface area contributed by atoms with Gasteiger partial charge in [0.05, 0.1) is 0 Å². The Labute approximate surface area is 256 Å². The minimum atomic E-state index is -5.11. The number of hydrogen-bond donors (Lipinski definition) is 4. The molecule has 1 aliphatic heterocycles. The molecule has 1 aromatic carbocycles. The van der Waals surface area contributed by atoms with E-state index in [1.165, 1.54) is 16.7 Å². The van der Waals surface area contributed by atoms with Crippen LogP contribution in [0.1, 0.15) is 109 Å². The third kappa shape index (κ3) is 12.1. The fourth-order valence-corrected chi connectivity index (χ4v) is 7.81. The number of fused-ring (bicyclic) bond motifs is 1. The molecule has 9 nitrogen and oxygen atoms in total. The number of carbonyl (C=O) groups excluding carboxylic acids is 1. The second-order valence-corrected chi connectivity index (χ2v) is 16.4. The Hall–Kier alpha value is -1.99. The van der Waals surface area contributed by atoms with Crippen molar-refractivity contribution in [1.29, 1.82) is 0 Å². The molecule has 2 rings (SSSR count). The highest BCUT2D eigenvalue weighted by Gasteiger charge is 2.43. The van der Waals surface area contributed by atoms with Crippen molar-refractivity contribution in [1.82, 2.24) is 0 Å². The molecule has 1 aromatic rings. The summed E-state index contributed by atoms with van der Waals surface area (Å²) in [5.41, 5.74) is 6.18. The van der Waals surface area contributed by atoms with E-state index in [0.29, 0.717) is 11.3 Å². The van der Waals surface area contributed by atoms with Gasteiger partial charge in [-0.3, -0.25) is 13.9 Å². The molecule has 242 valence electrons. The van der Waals surface area contributed by atoms with Crippen LogP contribution in [0.3, 0.4) is 0 Å². The molecule has 0 aliphatic carbocycles. The zero-order chi connectivity index (χ0) is 32.6. The molecule has 1 atom stereocenters. The first kappa shape index (κ1) is 37.2. The molecule has 0 bridgehead atoms. The van der Waals surface area contributed by atoms with Crippen LogP contribution < -0.4 is 9.47 Å².